The van der Waals surface area contributed by atoms with E-state index in [1.54, 1.807) is 0 Å². The van der Waals surface area contributed by atoms with Crippen molar-refractivity contribution in [1.29, 1.82) is 0 Å². The molecule has 1 aromatic rings. The van der Waals surface area contributed by atoms with E-state index in [0.29, 0.717) is 17.6 Å². The van der Waals surface area contributed by atoms with E-state index in [1.807, 2.05) is 0 Å². The van der Waals surface area contributed by atoms with Crippen LogP contribution in [-0.2, 0) is 5.41 Å². The molecular formula is C19H31NO. The van der Waals surface area contributed by atoms with Crippen molar-refractivity contribution in [1.82, 2.24) is 0 Å². The summed E-state index contributed by atoms with van der Waals surface area (Å²) in [5.41, 5.74) is 7.84. The van der Waals surface area contributed by atoms with Crippen LogP contribution in [0, 0.1) is 5.41 Å². The molecule has 0 aliphatic heterocycles. The highest BCUT2D eigenvalue weighted by molar-refractivity contribution is 5.32. The Morgan fingerprint density at radius 1 is 1.05 bits per heavy atom. The van der Waals surface area contributed by atoms with Gasteiger partial charge in [-0.05, 0) is 54.2 Å². The summed E-state index contributed by atoms with van der Waals surface area (Å²) >= 11 is 0. The van der Waals surface area contributed by atoms with Crippen LogP contribution < -0.4 is 10.5 Å². The molecule has 0 saturated heterocycles. The maximum atomic E-state index is 6.03. The molecular weight excluding hydrogens is 258 g/mol. The molecule has 0 radical (unpaired) electrons. The van der Waals surface area contributed by atoms with Crippen molar-refractivity contribution in [2.45, 2.75) is 77.9 Å². The molecule has 2 nitrogen and oxygen atoms in total. The summed E-state index contributed by atoms with van der Waals surface area (Å²) in [5, 5.41) is 0. The second-order valence-electron chi connectivity index (χ2n) is 8.46. The van der Waals surface area contributed by atoms with E-state index < -0.39 is 0 Å². The van der Waals surface area contributed by atoms with Crippen LogP contribution in [0.5, 0.6) is 5.75 Å². The summed E-state index contributed by atoms with van der Waals surface area (Å²) < 4.78 is 6.03. The standard InChI is InChI=1S/C19H31NO/c1-18(2,3)13-19(4,5)14-6-9-16(10-7-14)21-17-11-8-15(20)12-17/h6-7,9-10,15,17H,8,11-13,20H2,1-5H3. The van der Waals surface area contributed by atoms with Gasteiger partial charge in [0.25, 0.3) is 0 Å². The van der Waals surface area contributed by atoms with Gasteiger partial charge in [0.15, 0.2) is 0 Å². The molecule has 21 heavy (non-hydrogen) atoms. The summed E-state index contributed by atoms with van der Waals surface area (Å²) in [4.78, 5) is 0. The van der Waals surface area contributed by atoms with Crippen molar-refractivity contribution in [3.05, 3.63) is 29.8 Å². The Labute approximate surface area is 130 Å². The van der Waals surface area contributed by atoms with E-state index in [9.17, 15) is 0 Å². The first-order valence-electron chi connectivity index (χ1n) is 8.18. The normalized spacial score (nSPS) is 23.3. The van der Waals surface area contributed by atoms with Crippen molar-refractivity contribution in [3.63, 3.8) is 0 Å². The smallest absolute Gasteiger partial charge is 0.119 e. The number of rotatable bonds is 4. The van der Waals surface area contributed by atoms with Gasteiger partial charge in [-0.1, -0.05) is 46.8 Å². The molecule has 2 N–H and O–H groups in total. The Morgan fingerprint density at radius 3 is 2.14 bits per heavy atom. The van der Waals surface area contributed by atoms with Crippen LogP contribution in [0.15, 0.2) is 24.3 Å². The maximum absolute atomic E-state index is 6.03. The molecule has 0 spiro atoms. The van der Waals surface area contributed by atoms with Crippen molar-refractivity contribution in [3.8, 4) is 5.75 Å². The Morgan fingerprint density at radius 2 is 1.67 bits per heavy atom. The zero-order valence-electron chi connectivity index (χ0n) is 14.3. The van der Waals surface area contributed by atoms with E-state index in [4.69, 9.17) is 10.5 Å². The van der Waals surface area contributed by atoms with Gasteiger partial charge in [0.2, 0.25) is 0 Å². The van der Waals surface area contributed by atoms with Gasteiger partial charge >= 0.3 is 0 Å². The van der Waals surface area contributed by atoms with Gasteiger partial charge < -0.3 is 10.5 Å². The monoisotopic (exact) mass is 289 g/mol. The molecule has 1 aromatic carbocycles. The molecule has 2 atom stereocenters. The van der Waals surface area contributed by atoms with Gasteiger partial charge in [0, 0.05) is 6.04 Å². The highest BCUT2D eigenvalue weighted by atomic mass is 16.5. The maximum Gasteiger partial charge on any atom is 0.119 e. The number of ether oxygens (including phenoxy) is 1. The number of hydrogen-bond acceptors (Lipinski definition) is 2. The lowest BCUT2D eigenvalue weighted by Gasteiger charge is -2.33. The zero-order valence-corrected chi connectivity index (χ0v) is 14.3. The van der Waals surface area contributed by atoms with E-state index in [-0.39, 0.29) is 5.41 Å². The minimum absolute atomic E-state index is 0.187. The molecule has 0 heterocycles. The van der Waals surface area contributed by atoms with Gasteiger partial charge in [0.1, 0.15) is 11.9 Å². The highest BCUT2D eigenvalue weighted by Crippen LogP contribution is 2.36. The van der Waals surface area contributed by atoms with Gasteiger partial charge in [-0.15, -0.1) is 0 Å². The second-order valence-corrected chi connectivity index (χ2v) is 8.46. The number of hydrogen-bond donors (Lipinski definition) is 1. The summed E-state index contributed by atoms with van der Waals surface area (Å²) in [5.74, 6) is 0.976. The molecule has 118 valence electrons. The van der Waals surface area contributed by atoms with Crippen molar-refractivity contribution in [2.24, 2.45) is 11.1 Å². The lowest BCUT2D eigenvalue weighted by Crippen LogP contribution is -2.24. The highest BCUT2D eigenvalue weighted by Gasteiger charge is 2.27. The minimum Gasteiger partial charge on any atom is -0.490 e. The largest absolute Gasteiger partial charge is 0.490 e. The van der Waals surface area contributed by atoms with Crippen LogP contribution in [0.1, 0.15) is 65.9 Å². The lowest BCUT2D eigenvalue weighted by molar-refractivity contribution is 0.208. The molecule has 0 aromatic heterocycles. The molecule has 2 rings (SSSR count). The average molecular weight is 289 g/mol. The molecule has 1 saturated carbocycles. The fraction of sp³-hybridized carbons (Fsp3) is 0.684. The summed E-state index contributed by atoms with van der Waals surface area (Å²) in [7, 11) is 0. The first kappa shape index (κ1) is 16.4. The molecule has 0 amide bonds. The van der Waals surface area contributed by atoms with Crippen LogP contribution in [-0.4, -0.2) is 12.1 Å². The van der Waals surface area contributed by atoms with Crippen molar-refractivity contribution < 1.29 is 4.74 Å². The predicted molar refractivity (Wildman–Crippen MR) is 89.8 cm³/mol. The molecule has 2 heteroatoms. The predicted octanol–water partition coefficient (Wildman–Crippen LogP) is 4.66. The van der Waals surface area contributed by atoms with Gasteiger partial charge in [-0.3, -0.25) is 0 Å². The molecule has 2 unspecified atom stereocenters. The van der Waals surface area contributed by atoms with Crippen LogP contribution in [0.4, 0.5) is 0 Å². The fourth-order valence-electron chi connectivity index (χ4n) is 3.69. The van der Waals surface area contributed by atoms with E-state index in [0.717, 1.165) is 31.4 Å². The summed E-state index contributed by atoms with van der Waals surface area (Å²) in [6.45, 7) is 11.6. The first-order valence-corrected chi connectivity index (χ1v) is 8.18. The van der Waals surface area contributed by atoms with Crippen molar-refractivity contribution in [2.75, 3.05) is 0 Å². The van der Waals surface area contributed by atoms with Crippen LogP contribution in [0.2, 0.25) is 0 Å². The van der Waals surface area contributed by atoms with E-state index in [2.05, 4.69) is 58.9 Å². The number of benzene rings is 1. The van der Waals surface area contributed by atoms with Gasteiger partial charge in [0.05, 0.1) is 0 Å². The summed E-state index contributed by atoms with van der Waals surface area (Å²) in [6, 6.07) is 8.99. The quantitative estimate of drug-likeness (QED) is 0.875. The Kier molecular flexibility index (Phi) is 4.67. The fourth-order valence-corrected chi connectivity index (χ4v) is 3.69. The summed E-state index contributed by atoms with van der Waals surface area (Å²) in [6.07, 6.45) is 4.61. The SMILES string of the molecule is CC(C)(C)CC(C)(C)c1ccc(OC2CCC(N)C2)cc1. The van der Waals surface area contributed by atoms with E-state index >= 15 is 0 Å². The Balaban J connectivity index is 2.01. The third-order valence-corrected chi connectivity index (χ3v) is 4.34. The minimum atomic E-state index is 0.187. The van der Waals surface area contributed by atoms with Crippen LogP contribution in [0.25, 0.3) is 0 Å². The lowest BCUT2D eigenvalue weighted by atomic mass is 9.72. The Bertz CT molecular complexity index is 455. The zero-order chi connectivity index (χ0) is 15.7. The van der Waals surface area contributed by atoms with E-state index in [1.165, 1.54) is 5.56 Å². The molecule has 1 aliphatic carbocycles. The van der Waals surface area contributed by atoms with Gasteiger partial charge in [-0.2, -0.15) is 0 Å². The third kappa shape index (κ3) is 4.74. The van der Waals surface area contributed by atoms with Crippen molar-refractivity contribution >= 4 is 0 Å². The molecule has 1 aliphatic rings. The van der Waals surface area contributed by atoms with Crippen LogP contribution >= 0.6 is 0 Å². The first-order chi connectivity index (χ1) is 9.66. The second kappa shape index (κ2) is 6.00. The topological polar surface area (TPSA) is 35.2 Å². The average Bonchev–Trinajstić information content (AvgIpc) is 2.72. The van der Waals surface area contributed by atoms with Crippen LogP contribution in [0.3, 0.4) is 0 Å². The molecule has 0 bridgehead atoms. The van der Waals surface area contributed by atoms with Gasteiger partial charge in [-0.25, -0.2) is 0 Å². The molecule has 1 fully saturated rings. The number of nitrogens with two attached hydrogens (primary N) is 1. The third-order valence-electron chi connectivity index (χ3n) is 4.34. The Hall–Kier alpha value is -1.02.